The second kappa shape index (κ2) is 10.2. The number of anilines is 2. The van der Waals surface area contributed by atoms with Crippen LogP contribution in [0.5, 0.6) is 0 Å². The highest BCUT2D eigenvalue weighted by Gasteiger charge is 2.59. The van der Waals surface area contributed by atoms with Gasteiger partial charge in [0.25, 0.3) is 6.43 Å². The highest BCUT2D eigenvalue weighted by atomic mass is 19.3. The fraction of sp³-hybridized carbons (Fsp3) is 0.667. The first-order valence-electron chi connectivity index (χ1n) is 14.9. The highest BCUT2D eigenvalue weighted by Crippen LogP contribution is 2.55. The number of nitrogens with one attached hydrogen (secondary N) is 1. The van der Waals surface area contributed by atoms with E-state index in [1.54, 1.807) is 0 Å². The van der Waals surface area contributed by atoms with E-state index in [0.29, 0.717) is 44.6 Å². The number of pyridine rings is 2. The zero-order chi connectivity index (χ0) is 27.5. The molecule has 7 heterocycles. The summed E-state index contributed by atoms with van der Waals surface area (Å²) in [6.45, 7) is 12.5. The lowest BCUT2D eigenvalue weighted by Crippen LogP contribution is -2.63. The fourth-order valence-corrected chi connectivity index (χ4v) is 7.51. The summed E-state index contributed by atoms with van der Waals surface area (Å²) in [5, 5.41) is 3.42. The molecule has 0 saturated carbocycles. The Morgan fingerprint density at radius 1 is 1.07 bits per heavy atom. The van der Waals surface area contributed by atoms with E-state index in [9.17, 15) is 8.78 Å². The number of nitrogens with zero attached hydrogens (tertiary/aromatic N) is 5. The Morgan fingerprint density at radius 2 is 1.82 bits per heavy atom. The molecule has 0 aliphatic carbocycles. The van der Waals surface area contributed by atoms with Crippen LogP contribution in [0, 0.1) is 6.92 Å². The van der Waals surface area contributed by atoms with E-state index in [-0.39, 0.29) is 5.69 Å². The third-order valence-corrected chi connectivity index (χ3v) is 9.70. The monoisotopic (exact) mass is 554 g/mol. The Labute approximate surface area is 235 Å². The van der Waals surface area contributed by atoms with Gasteiger partial charge < -0.3 is 24.6 Å². The number of piperazine rings is 1. The van der Waals surface area contributed by atoms with Crippen molar-refractivity contribution in [1.29, 1.82) is 0 Å². The van der Waals surface area contributed by atoms with Gasteiger partial charge in [-0.1, -0.05) is 13.3 Å². The number of alkyl halides is 2. The summed E-state index contributed by atoms with van der Waals surface area (Å²) < 4.78 is 41.3. The molecule has 2 spiro atoms. The number of halogens is 2. The molecule has 7 rings (SSSR count). The fourth-order valence-electron chi connectivity index (χ4n) is 7.51. The molecule has 2 aromatic heterocycles. The maximum atomic E-state index is 14.5. The van der Waals surface area contributed by atoms with Crippen LogP contribution in [0.2, 0.25) is 0 Å². The number of fused-ring (bicyclic) bond motifs is 3. The van der Waals surface area contributed by atoms with Gasteiger partial charge in [0, 0.05) is 87.5 Å². The zero-order valence-electron chi connectivity index (χ0n) is 23.6. The summed E-state index contributed by atoms with van der Waals surface area (Å²) in [5.74, 6) is 0.661. The average molecular weight is 555 g/mol. The Kier molecular flexibility index (Phi) is 6.72. The van der Waals surface area contributed by atoms with Crippen LogP contribution in [0.15, 0.2) is 18.3 Å². The minimum Gasteiger partial charge on any atom is -0.374 e. The minimum atomic E-state index is -2.60. The lowest BCUT2D eigenvalue weighted by atomic mass is 9.81. The van der Waals surface area contributed by atoms with E-state index in [1.807, 2.05) is 13.1 Å². The van der Waals surface area contributed by atoms with Crippen LogP contribution in [0.1, 0.15) is 60.7 Å². The van der Waals surface area contributed by atoms with Crippen molar-refractivity contribution in [1.82, 2.24) is 20.2 Å². The second-order valence-electron chi connectivity index (χ2n) is 12.2. The van der Waals surface area contributed by atoms with Crippen LogP contribution in [0.25, 0.3) is 0 Å². The lowest BCUT2D eigenvalue weighted by Gasteiger charge is -2.49. The van der Waals surface area contributed by atoms with Crippen molar-refractivity contribution in [2.75, 3.05) is 75.4 Å². The average Bonchev–Trinajstić information content (AvgIpc) is 3.21. The Hall–Kier alpha value is -2.40. The summed E-state index contributed by atoms with van der Waals surface area (Å²) in [6.07, 6.45) is 2.22. The van der Waals surface area contributed by atoms with Gasteiger partial charge in [-0.2, -0.15) is 0 Å². The summed E-state index contributed by atoms with van der Waals surface area (Å²) in [4.78, 5) is 16.4. The van der Waals surface area contributed by atoms with Crippen LogP contribution >= 0.6 is 0 Å². The van der Waals surface area contributed by atoms with Crippen LogP contribution in [0.3, 0.4) is 0 Å². The molecular formula is C30H40F2N6O2. The number of hydrogen-bond acceptors (Lipinski definition) is 8. The molecule has 0 aromatic carbocycles. The first-order valence-corrected chi connectivity index (χ1v) is 14.9. The molecule has 10 heteroatoms. The van der Waals surface area contributed by atoms with Gasteiger partial charge >= 0.3 is 0 Å². The van der Waals surface area contributed by atoms with Gasteiger partial charge in [0.2, 0.25) is 0 Å². The predicted molar refractivity (Wildman–Crippen MR) is 149 cm³/mol. The molecule has 0 radical (unpaired) electrons. The number of aryl methyl sites for hydroxylation is 1. The van der Waals surface area contributed by atoms with Crippen molar-refractivity contribution in [3.63, 3.8) is 0 Å². The molecule has 1 N–H and O–H groups in total. The maximum absolute atomic E-state index is 14.5. The quantitative estimate of drug-likeness (QED) is 0.582. The lowest BCUT2D eigenvalue weighted by molar-refractivity contribution is -0.260. The molecule has 0 unspecified atom stereocenters. The summed E-state index contributed by atoms with van der Waals surface area (Å²) in [5.41, 5.74) is 4.18. The molecule has 5 aliphatic rings. The molecule has 0 bridgehead atoms. The van der Waals surface area contributed by atoms with Crippen LogP contribution in [-0.2, 0) is 27.1 Å². The van der Waals surface area contributed by atoms with E-state index >= 15 is 0 Å². The third-order valence-electron chi connectivity index (χ3n) is 9.70. The molecule has 5 aliphatic heterocycles. The topological polar surface area (TPSA) is 66.0 Å². The van der Waals surface area contributed by atoms with Crippen molar-refractivity contribution in [3.8, 4) is 0 Å². The van der Waals surface area contributed by atoms with Gasteiger partial charge in [0.05, 0.1) is 18.9 Å². The van der Waals surface area contributed by atoms with E-state index in [2.05, 4.69) is 44.1 Å². The van der Waals surface area contributed by atoms with E-state index in [0.717, 1.165) is 75.5 Å². The normalized spacial score (nSPS) is 24.0. The summed E-state index contributed by atoms with van der Waals surface area (Å²) >= 11 is 0. The van der Waals surface area contributed by atoms with Crippen molar-refractivity contribution in [2.45, 2.75) is 63.2 Å². The molecule has 2 aromatic rings. The minimum absolute atomic E-state index is 0.0478. The summed E-state index contributed by atoms with van der Waals surface area (Å²) in [7, 11) is 0. The molecule has 4 saturated heterocycles. The van der Waals surface area contributed by atoms with E-state index in [4.69, 9.17) is 14.5 Å². The first kappa shape index (κ1) is 26.5. The van der Waals surface area contributed by atoms with Crippen LogP contribution in [-0.4, -0.2) is 86.5 Å². The highest BCUT2D eigenvalue weighted by molar-refractivity contribution is 5.64. The number of piperidine rings is 1. The Morgan fingerprint density at radius 3 is 2.48 bits per heavy atom. The SMILES string of the molecule is CCCc1c(N2CC(N3CCNCC3)C2)cc(N2CCC3(CC2)OC2(COC2)c2nccc(C)c23)nc1C(F)F. The van der Waals surface area contributed by atoms with Gasteiger partial charge in [-0.15, -0.1) is 0 Å². The molecule has 4 fully saturated rings. The number of ether oxygens (including phenoxy) is 2. The number of rotatable bonds is 6. The third kappa shape index (κ3) is 4.21. The maximum Gasteiger partial charge on any atom is 0.280 e. The van der Waals surface area contributed by atoms with Gasteiger partial charge in [-0.25, -0.2) is 13.8 Å². The second-order valence-corrected chi connectivity index (χ2v) is 12.2. The molecule has 0 atom stereocenters. The Bertz CT molecular complexity index is 1250. The van der Waals surface area contributed by atoms with Crippen molar-refractivity contribution >= 4 is 11.5 Å². The number of hydrogen-bond donors (Lipinski definition) is 1. The molecular weight excluding hydrogens is 514 g/mol. The zero-order valence-corrected chi connectivity index (χ0v) is 23.6. The first-order chi connectivity index (χ1) is 19.4. The Balaban J connectivity index is 1.15. The van der Waals surface area contributed by atoms with E-state index in [1.165, 1.54) is 11.1 Å². The van der Waals surface area contributed by atoms with Gasteiger partial charge in [-0.05, 0) is 37.8 Å². The van der Waals surface area contributed by atoms with Gasteiger partial charge in [0.1, 0.15) is 17.1 Å². The van der Waals surface area contributed by atoms with Crippen molar-refractivity contribution in [2.24, 2.45) is 0 Å². The largest absolute Gasteiger partial charge is 0.374 e. The number of aromatic nitrogens is 2. The standard InChI is InChI=1S/C30H40F2N6O2/c1-3-4-22-23(38-16-21(17-38)36-13-9-33-10-14-36)15-24(35-26(22)28(31)32)37-11-6-29(7-12-37)25-20(2)5-8-34-27(25)30(40-29)18-39-19-30/h5,8,15,21,28,33H,3-4,6-7,9-14,16-19H2,1-2H3. The van der Waals surface area contributed by atoms with E-state index < -0.39 is 17.6 Å². The molecule has 8 nitrogen and oxygen atoms in total. The predicted octanol–water partition coefficient (Wildman–Crippen LogP) is 3.52. The van der Waals surface area contributed by atoms with Crippen molar-refractivity contribution < 1.29 is 18.3 Å². The summed E-state index contributed by atoms with van der Waals surface area (Å²) in [6, 6.07) is 4.63. The van der Waals surface area contributed by atoms with Crippen LogP contribution < -0.4 is 15.1 Å². The van der Waals surface area contributed by atoms with Crippen LogP contribution in [0.4, 0.5) is 20.3 Å². The van der Waals surface area contributed by atoms with Gasteiger partial charge in [-0.3, -0.25) is 9.88 Å². The smallest absolute Gasteiger partial charge is 0.280 e. The molecule has 0 amide bonds. The van der Waals surface area contributed by atoms with Gasteiger partial charge in [0.15, 0.2) is 5.60 Å². The van der Waals surface area contributed by atoms with Crippen molar-refractivity contribution in [3.05, 3.63) is 46.4 Å². The molecule has 216 valence electrons. The molecule has 40 heavy (non-hydrogen) atoms.